The van der Waals surface area contributed by atoms with Crippen LogP contribution in [0.1, 0.15) is 64.4 Å². The Morgan fingerprint density at radius 1 is 1.15 bits per heavy atom. The Balaban J connectivity index is 1.30. The summed E-state index contributed by atoms with van der Waals surface area (Å²) >= 11 is 1.89. The molecule has 1 amide bonds. The molecule has 1 N–H and O–H groups in total. The number of aryl methyl sites for hydroxylation is 5. The number of carbonyl (C=O) groups is 1. The average molecular weight is 369 g/mol. The predicted octanol–water partition coefficient (Wildman–Crippen LogP) is 4.42. The maximum Gasteiger partial charge on any atom is 0.230 e. The molecule has 4 heteroatoms. The van der Waals surface area contributed by atoms with E-state index in [1.54, 1.807) is 0 Å². The molecule has 1 aromatic heterocycles. The highest BCUT2D eigenvalue weighted by molar-refractivity contribution is 7.11. The summed E-state index contributed by atoms with van der Waals surface area (Å²) in [6.07, 6.45) is 8.86. The normalized spacial score (nSPS) is 17.6. The van der Waals surface area contributed by atoms with Crippen LogP contribution >= 0.6 is 11.3 Å². The van der Waals surface area contributed by atoms with Crippen LogP contribution < -0.4 is 5.32 Å². The second-order valence-electron chi connectivity index (χ2n) is 8.00. The molecule has 3 nitrogen and oxygen atoms in total. The topological polar surface area (TPSA) is 42.0 Å². The average Bonchev–Trinajstić information content (AvgIpc) is 3.32. The third-order valence-corrected chi connectivity index (χ3v) is 6.92. The first-order valence-electron chi connectivity index (χ1n) is 9.91. The van der Waals surface area contributed by atoms with E-state index in [1.165, 1.54) is 51.5 Å². The minimum absolute atomic E-state index is 0.209. The quantitative estimate of drug-likeness (QED) is 0.767. The zero-order valence-electron chi connectivity index (χ0n) is 15.9. The molecule has 138 valence electrons. The van der Waals surface area contributed by atoms with Crippen LogP contribution in [0.3, 0.4) is 0 Å². The van der Waals surface area contributed by atoms with Crippen LogP contribution in [0.2, 0.25) is 0 Å². The lowest BCUT2D eigenvalue weighted by atomic mass is 9.92. The summed E-state index contributed by atoms with van der Waals surface area (Å²) in [5.41, 5.74) is 4.75. The minimum Gasteiger partial charge on any atom is -0.355 e. The van der Waals surface area contributed by atoms with Crippen LogP contribution in [-0.2, 0) is 29.5 Å². The Morgan fingerprint density at radius 3 is 2.58 bits per heavy atom. The van der Waals surface area contributed by atoms with E-state index >= 15 is 0 Å². The molecule has 0 unspecified atom stereocenters. The van der Waals surface area contributed by atoms with E-state index in [9.17, 15) is 4.79 Å². The van der Waals surface area contributed by atoms with Gasteiger partial charge in [0.15, 0.2) is 0 Å². The van der Waals surface area contributed by atoms with E-state index in [4.69, 9.17) is 4.98 Å². The summed E-state index contributed by atoms with van der Waals surface area (Å²) in [4.78, 5) is 19.1. The molecule has 2 aliphatic carbocycles. The summed E-state index contributed by atoms with van der Waals surface area (Å²) < 4.78 is 0. The monoisotopic (exact) mass is 368 g/mol. The van der Waals surface area contributed by atoms with E-state index in [-0.39, 0.29) is 11.3 Å². The Hall–Kier alpha value is -1.68. The summed E-state index contributed by atoms with van der Waals surface area (Å²) in [6, 6.07) is 6.53. The Kier molecular flexibility index (Phi) is 4.87. The standard InChI is InChI=1S/C22H28N2OS/c1-15-12-16(2)14-17(13-15)22(9-10-22)21(25)23-11-5-8-20-24-18-6-3-4-7-19(18)26-20/h12-14H,3-11H2,1-2H3,(H,23,25). The lowest BCUT2D eigenvalue weighted by molar-refractivity contribution is -0.123. The van der Waals surface area contributed by atoms with E-state index in [0.29, 0.717) is 0 Å². The lowest BCUT2D eigenvalue weighted by Gasteiger charge is -2.17. The fraction of sp³-hybridized carbons (Fsp3) is 0.545. The van der Waals surface area contributed by atoms with Gasteiger partial charge in [-0.05, 0) is 64.4 Å². The molecular weight excluding hydrogens is 340 g/mol. The Morgan fingerprint density at radius 2 is 1.88 bits per heavy atom. The van der Waals surface area contributed by atoms with Crippen LogP contribution in [0.4, 0.5) is 0 Å². The first kappa shape index (κ1) is 17.7. The second-order valence-corrected chi connectivity index (χ2v) is 9.17. The number of amides is 1. The molecule has 2 aliphatic rings. The van der Waals surface area contributed by atoms with Gasteiger partial charge in [-0.15, -0.1) is 11.3 Å². The predicted molar refractivity (Wildman–Crippen MR) is 107 cm³/mol. The molecule has 0 radical (unpaired) electrons. The molecule has 1 saturated carbocycles. The number of thiazole rings is 1. The molecule has 2 aromatic rings. The van der Waals surface area contributed by atoms with Crippen LogP contribution in [0.15, 0.2) is 18.2 Å². The van der Waals surface area contributed by atoms with Crippen molar-refractivity contribution >= 4 is 17.2 Å². The van der Waals surface area contributed by atoms with Gasteiger partial charge >= 0.3 is 0 Å². The van der Waals surface area contributed by atoms with Crippen LogP contribution in [-0.4, -0.2) is 17.4 Å². The maximum atomic E-state index is 12.8. The van der Waals surface area contributed by atoms with Crippen molar-refractivity contribution in [3.63, 3.8) is 0 Å². The molecule has 4 rings (SSSR count). The van der Waals surface area contributed by atoms with Gasteiger partial charge in [-0.2, -0.15) is 0 Å². The highest BCUT2D eigenvalue weighted by Gasteiger charge is 2.51. The number of benzene rings is 1. The van der Waals surface area contributed by atoms with Crippen molar-refractivity contribution in [1.29, 1.82) is 0 Å². The first-order chi connectivity index (χ1) is 12.6. The Bertz CT molecular complexity index is 776. The number of aromatic nitrogens is 1. The molecule has 0 atom stereocenters. The van der Waals surface area contributed by atoms with Gasteiger partial charge in [-0.25, -0.2) is 4.98 Å². The molecule has 0 aliphatic heterocycles. The third-order valence-electron chi connectivity index (χ3n) is 5.70. The maximum absolute atomic E-state index is 12.8. The molecule has 1 aromatic carbocycles. The van der Waals surface area contributed by atoms with Crippen molar-refractivity contribution < 1.29 is 4.79 Å². The third kappa shape index (κ3) is 3.57. The smallest absolute Gasteiger partial charge is 0.230 e. The highest BCUT2D eigenvalue weighted by atomic mass is 32.1. The number of carbonyl (C=O) groups excluding carboxylic acids is 1. The number of nitrogens with one attached hydrogen (secondary N) is 1. The van der Waals surface area contributed by atoms with E-state index in [1.807, 2.05) is 11.3 Å². The number of hydrogen-bond acceptors (Lipinski definition) is 3. The lowest BCUT2D eigenvalue weighted by Crippen LogP contribution is -2.35. The van der Waals surface area contributed by atoms with Gasteiger partial charge in [0.1, 0.15) is 0 Å². The molecule has 0 bridgehead atoms. The van der Waals surface area contributed by atoms with Gasteiger partial charge in [0, 0.05) is 17.8 Å². The van der Waals surface area contributed by atoms with E-state index in [2.05, 4.69) is 37.4 Å². The number of nitrogens with zero attached hydrogens (tertiary/aromatic N) is 1. The van der Waals surface area contributed by atoms with Gasteiger partial charge in [0.2, 0.25) is 5.91 Å². The number of rotatable bonds is 6. The minimum atomic E-state index is -0.267. The van der Waals surface area contributed by atoms with Gasteiger partial charge in [0.05, 0.1) is 16.1 Å². The molecule has 1 heterocycles. The van der Waals surface area contributed by atoms with Crippen molar-refractivity contribution in [2.24, 2.45) is 0 Å². The summed E-state index contributed by atoms with van der Waals surface area (Å²) in [6.45, 7) is 4.96. The number of hydrogen-bond donors (Lipinski definition) is 1. The SMILES string of the molecule is Cc1cc(C)cc(C2(C(=O)NCCCc3nc4c(s3)CCCC4)CC2)c1. The number of fused-ring (bicyclic) bond motifs is 1. The van der Waals surface area contributed by atoms with Gasteiger partial charge in [-0.3, -0.25) is 4.79 Å². The van der Waals surface area contributed by atoms with Crippen molar-refractivity contribution in [2.75, 3.05) is 6.54 Å². The zero-order chi connectivity index (χ0) is 18.1. The van der Waals surface area contributed by atoms with Crippen LogP contribution in [0.5, 0.6) is 0 Å². The molecule has 0 spiro atoms. The van der Waals surface area contributed by atoms with Gasteiger partial charge in [-0.1, -0.05) is 29.3 Å². The zero-order valence-corrected chi connectivity index (χ0v) is 16.7. The molecule has 1 fully saturated rings. The van der Waals surface area contributed by atoms with Gasteiger partial charge < -0.3 is 5.32 Å². The highest BCUT2D eigenvalue weighted by Crippen LogP contribution is 2.48. The van der Waals surface area contributed by atoms with E-state index in [0.717, 1.165) is 38.6 Å². The summed E-state index contributed by atoms with van der Waals surface area (Å²) in [5, 5.41) is 4.44. The first-order valence-corrected chi connectivity index (χ1v) is 10.7. The molecule has 0 saturated heterocycles. The van der Waals surface area contributed by atoms with Crippen molar-refractivity contribution in [2.45, 2.75) is 70.6 Å². The van der Waals surface area contributed by atoms with Crippen molar-refractivity contribution in [1.82, 2.24) is 10.3 Å². The van der Waals surface area contributed by atoms with Crippen LogP contribution in [0.25, 0.3) is 0 Å². The fourth-order valence-electron chi connectivity index (χ4n) is 4.15. The van der Waals surface area contributed by atoms with E-state index < -0.39 is 0 Å². The molecule has 26 heavy (non-hydrogen) atoms. The van der Waals surface area contributed by atoms with Gasteiger partial charge in [0.25, 0.3) is 0 Å². The second kappa shape index (κ2) is 7.15. The summed E-state index contributed by atoms with van der Waals surface area (Å²) in [5.74, 6) is 0.209. The fourth-order valence-corrected chi connectivity index (χ4v) is 5.34. The van der Waals surface area contributed by atoms with Crippen LogP contribution in [0, 0.1) is 13.8 Å². The van der Waals surface area contributed by atoms with Crippen molar-refractivity contribution in [3.8, 4) is 0 Å². The van der Waals surface area contributed by atoms with Crippen molar-refractivity contribution in [3.05, 3.63) is 50.5 Å². The molecular formula is C22H28N2OS. The Labute approximate surface area is 160 Å². The largest absolute Gasteiger partial charge is 0.355 e. The summed E-state index contributed by atoms with van der Waals surface area (Å²) in [7, 11) is 0.